The molecule has 6 heteroatoms. The molecule has 0 fully saturated rings. The van der Waals surface area contributed by atoms with E-state index in [0.29, 0.717) is 27.9 Å². The first kappa shape index (κ1) is 43.4. The SMILES string of the molecule is [C-]#[N+]c1ccc(-n2c3ccccc3c3cc(-c4c(C)cc(C)cc4C)ccc32)cc1-c1cc(-c2cc(C)cc(C(F)(F)F)c2)ccc1-n1c2ccccc2c2cc(-c3c(C)cc(C)cc3C)ccc21. The van der Waals surface area contributed by atoms with Crippen molar-refractivity contribution in [1.82, 2.24) is 9.13 Å². The fourth-order valence-electron chi connectivity index (χ4n) is 11.3. The summed E-state index contributed by atoms with van der Waals surface area (Å²) < 4.78 is 47.6. The van der Waals surface area contributed by atoms with Gasteiger partial charge in [0.05, 0.1) is 39.9 Å². The van der Waals surface area contributed by atoms with E-state index in [1.165, 1.54) is 56.6 Å². The van der Waals surface area contributed by atoms with Gasteiger partial charge in [-0.05, 0) is 194 Å². The minimum absolute atomic E-state index is 0.430. The first-order chi connectivity index (χ1) is 33.2. The molecule has 336 valence electrons. The summed E-state index contributed by atoms with van der Waals surface area (Å²) in [6, 6.07) is 55.0. The molecule has 0 aliphatic rings. The predicted molar refractivity (Wildman–Crippen MR) is 281 cm³/mol. The van der Waals surface area contributed by atoms with E-state index in [-0.39, 0.29) is 0 Å². The molecule has 3 nitrogen and oxygen atoms in total. The summed E-state index contributed by atoms with van der Waals surface area (Å²) in [5.74, 6) is 0. The molecule has 0 aliphatic carbocycles. The molecule has 0 N–H and O–H groups in total. The normalized spacial score (nSPS) is 11.9. The van der Waals surface area contributed by atoms with Gasteiger partial charge in [0.1, 0.15) is 0 Å². The zero-order chi connectivity index (χ0) is 48.0. The highest BCUT2D eigenvalue weighted by Crippen LogP contribution is 2.45. The van der Waals surface area contributed by atoms with Gasteiger partial charge in [-0.25, -0.2) is 4.85 Å². The van der Waals surface area contributed by atoms with E-state index in [0.717, 1.165) is 71.7 Å². The number of hydrogen-bond donors (Lipinski definition) is 0. The number of hydrogen-bond acceptors (Lipinski definition) is 0. The molecule has 0 saturated carbocycles. The minimum atomic E-state index is -4.52. The van der Waals surface area contributed by atoms with Crippen molar-refractivity contribution < 1.29 is 13.2 Å². The standard InChI is InChI=1S/C63H48F3N3/c1-36-25-39(4)61(40(5)26-36)44-18-23-58-52(33-44)49-13-9-11-15-56(49)68(58)48-20-21-55(67-8)51(35-48)54-32-43(46-29-38(3)30-47(31-46)63(64,65)66)17-22-60(54)69-57-16-12-10-14-50(57)53-34-45(19-24-59(53)69)62-41(6)27-37(2)28-42(62)7/h9-35H,1-7H3. The summed E-state index contributed by atoms with van der Waals surface area (Å²) >= 11 is 0. The van der Waals surface area contributed by atoms with Crippen LogP contribution in [0.15, 0.2) is 164 Å². The molecule has 0 spiro atoms. The lowest BCUT2D eigenvalue weighted by Gasteiger charge is -2.19. The van der Waals surface area contributed by atoms with E-state index in [9.17, 15) is 13.2 Å². The van der Waals surface area contributed by atoms with Gasteiger partial charge in [0, 0.05) is 27.2 Å². The Bertz CT molecular complexity index is 3940. The average molecular weight is 904 g/mol. The summed E-state index contributed by atoms with van der Waals surface area (Å²) in [6.07, 6.45) is -4.52. The number of halogens is 3. The van der Waals surface area contributed by atoms with Crippen LogP contribution in [0.2, 0.25) is 0 Å². The second-order valence-electron chi connectivity index (χ2n) is 18.8. The first-order valence-electron chi connectivity index (χ1n) is 23.3. The van der Waals surface area contributed by atoms with E-state index in [4.69, 9.17) is 6.57 Å². The second kappa shape index (κ2) is 16.3. The molecule has 0 unspecified atom stereocenters. The summed E-state index contributed by atoms with van der Waals surface area (Å²) in [4.78, 5) is 4.12. The molecule has 0 radical (unpaired) electrons. The predicted octanol–water partition coefficient (Wildman–Crippen LogP) is 18.3. The van der Waals surface area contributed by atoms with Crippen LogP contribution in [0.3, 0.4) is 0 Å². The molecular formula is C63H48F3N3. The minimum Gasteiger partial charge on any atom is -0.309 e. The van der Waals surface area contributed by atoms with Gasteiger partial charge in [-0.1, -0.05) is 102 Å². The molecule has 2 heterocycles. The monoisotopic (exact) mass is 903 g/mol. The Morgan fingerprint density at radius 2 is 0.899 bits per heavy atom. The number of benzene rings is 9. The van der Waals surface area contributed by atoms with E-state index in [1.54, 1.807) is 13.0 Å². The molecule has 0 bridgehead atoms. The molecule has 0 saturated heterocycles. The van der Waals surface area contributed by atoms with Crippen molar-refractivity contribution >= 4 is 49.3 Å². The van der Waals surface area contributed by atoms with E-state index >= 15 is 0 Å². The zero-order valence-corrected chi connectivity index (χ0v) is 39.6. The molecule has 0 atom stereocenters. The van der Waals surface area contributed by atoms with Crippen LogP contribution in [0, 0.1) is 55.0 Å². The van der Waals surface area contributed by atoms with Gasteiger partial charge in [-0.15, -0.1) is 0 Å². The van der Waals surface area contributed by atoms with Crippen molar-refractivity contribution in [2.45, 2.75) is 54.6 Å². The van der Waals surface area contributed by atoms with Gasteiger partial charge in [-0.3, -0.25) is 0 Å². The van der Waals surface area contributed by atoms with Crippen LogP contribution in [-0.2, 0) is 6.18 Å². The van der Waals surface area contributed by atoms with Crippen molar-refractivity contribution in [2.75, 3.05) is 0 Å². The Kier molecular flexibility index (Phi) is 10.2. The third kappa shape index (κ3) is 7.28. The van der Waals surface area contributed by atoms with Crippen molar-refractivity contribution in [1.29, 1.82) is 0 Å². The first-order valence-corrected chi connectivity index (χ1v) is 23.3. The van der Waals surface area contributed by atoms with Crippen LogP contribution in [0.1, 0.15) is 44.5 Å². The molecule has 9 aromatic carbocycles. The van der Waals surface area contributed by atoms with Crippen LogP contribution in [0.25, 0.3) is 104 Å². The Morgan fingerprint density at radius 1 is 0.406 bits per heavy atom. The van der Waals surface area contributed by atoms with Crippen LogP contribution < -0.4 is 0 Å². The van der Waals surface area contributed by atoms with E-state index in [1.807, 2.05) is 36.4 Å². The maximum Gasteiger partial charge on any atom is 0.416 e. The Labute approximate surface area is 400 Å². The Morgan fingerprint density at radius 3 is 1.45 bits per heavy atom. The topological polar surface area (TPSA) is 14.2 Å². The van der Waals surface area contributed by atoms with Crippen LogP contribution in [-0.4, -0.2) is 9.13 Å². The van der Waals surface area contributed by atoms with Gasteiger partial charge in [0.25, 0.3) is 0 Å². The molecule has 11 aromatic rings. The lowest BCUT2D eigenvalue weighted by Crippen LogP contribution is -2.05. The second-order valence-corrected chi connectivity index (χ2v) is 18.8. The average Bonchev–Trinajstić information content (AvgIpc) is 3.82. The van der Waals surface area contributed by atoms with Crippen molar-refractivity contribution in [2.24, 2.45) is 0 Å². The number of rotatable bonds is 6. The highest BCUT2D eigenvalue weighted by atomic mass is 19.4. The fraction of sp³-hybridized carbons (Fsp3) is 0.127. The summed E-state index contributed by atoms with van der Waals surface area (Å²) in [6.45, 7) is 23.2. The maximum absolute atomic E-state index is 14.4. The number of para-hydroxylation sites is 2. The quantitative estimate of drug-likeness (QED) is 0.148. The highest BCUT2D eigenvalue weighted by molar-refractivity contribution is 6.12. The number of alkyl halides is 3. The maximum atomic E-state index is 14.4. The zero-order valence-electron chi connectivity index (χ0n) is 39.6. The van der Waals surface area contributed by atoms with Gasteiger partial charge in [0.2, 0.25) is 0 Å². The van der Waals surface area contributed by atoms with Gasteiger partial charge >= 0.3 is 6.18 Å². The van der Waals surface area contributed by atoms with E-state index < -0.39 is 11.7 Å². The van der Waals surface area contributed by atoms with Crippen LogP contribution in [0.4, 0.5) is 18.9 Å². The highest BCUT2D eigenvalue weighted by Gasteiger charge is 2.31. The molecule has 0 aliphatic heterocycles. The molecule has 2 aromatic heterocycles. The fourth-order valence-corrected chi connectivity index (χ4v) is 11.3. The number of nitrogens with zero attached hydrogens (tertiary/aromatic N) is 3. The van der Waals surface area contributed by atoms with Crippen LogP contribution >= 0.6 is 0 Å². The third-order valence-electron chi connectivity index (χ3n) is 13.9. The molecule has 0 amide bonds. The van der Waals surface area contributed by atoms with Gasteiger partial charge < -0.3 is 9.13 Å². The van der Waals surface area contributed by atoms with Crippen molar-refractivity contribution in [3.63, 3.8) is 0 Å². The number of fused-ring (bicyclic) bond motifs is 6. The molecule has 11 rings (SSSR count). The summed E-state index contributed by atoms with van der Waals surface area (Å²) in [5, 5.41) is 4.36. The lowest BCUT2D eigenvalue weighted by molar-refractivity contribution is -0.137. The number of aromatic nitrogens is 2. The van der Waals surface area contributed by atoms with Crippen LogP contribution in [0.5, 0.6) is 0 Å². The largest absolute Gasteiger partial charge is 0.416 e. The van der Waals surface area contributed by atoms with Crippen molar-refractivity contribution in [3.8, 4) is 55.9 Å². The lowest BCUT2D eigenvalue weighted by atomic mass is 9.93. The third-order valence-corrected chi connectivity index (χ3v) is 13.9. The summed E-state index contributed by atoms with van der Waals surface area (Å²) in [5.41, 5.74) is 20.4. The molecule has 69 heavy (non-hydrogen) atoms. The number of aryl methyl sites for hydroxylation is 7. The Balaban J connectivity index is 1.18. The van der Waals surface area contributed by atoms with Crippen molar-refractivity contribution in [3.05, 3.63) is 220 Å². The Hall–Kier alpha value is -8.14. The van der Waals surface area contributed by atoms with Gasteiger partial charge in [-0.2, -0.15) is 13.2 Å². The summed E-state index contributed by atoms with van der Waals surface area (Å²) in [7, 11) is 0. The van der Waals surface area contributed by atoms with Gasteiger partial charge in [0.15, 0.2) is 5.69 Å². The van der Waals surface area contributed by atoms with E-state index in [2.05, 4.69) is 165 Å². The molecular weight excluding hydrogens is 856 g/mol. The smallest absolute Gasteiger partial charge is 0.309 e.